The number of ether oxygens (including phenoxy) is 1. The molecule has 1 N–H and O–H groups in total. The van der Waals surface area contributed by atoms with Gasteiger partial charge in [0.25, 0.3) is 0 Å². The predicted octanol–water partition coefficient (Wildman–Crippen LogP) is 5.96. The number of imidazole rings is 1. The smallest absolute Gasteiger partial charge is 0.387 e. The van der Waals surface area contributed by atoms with Gasteiger partial charge in [0.2, 0.25) is 0 Å². The average Bonchev–Trinajstić information content (AvgIpc) is 3.18. The second-order valence-corrected chi connectivity index (χ2v) is 9.62. The first-order valence-electron chi connectivity index (χ1n) is 12.4. The molecule has 0 unspecified atom stereocenters. The Morgan fingerprint density at radius 2 is 1.84 bits per heavy atom. The highest BCUT2D eigenvalue weighted by molar-refractivity contribution is 5.70. The third-order valence-electron chi connectivity index (χ3n) is 7.24. The Balaban J connectivity index is 1.43. The lowest BCUT2D eigenvalue weighted by Gasteiger charge is -2.24. The maximum Gasteiger partial charge on any atom is 0.387 e. The predicted molar refractivity (Wildman–Crippen MR) is 134 cm³/mol. The van der Waals surface area contributed by atoms with Crippen LogP contribution in [0.1, 0.15) is 59.9 Å². The molecule has 9 heteroatoms. The lowest BCUT2D eigenvalue weighted by Crippen LogP contribution is -2.21. The van der Waals surface area contributed by atoms with Gasteiger partial charge < -0.3 is 14.2 Å². The zero-order chi connectivity index (χ0) is 26.1. The molecule has 3 aromatic heterocycles. The number of fused-ring (bicyclic) bond motifs is 1. The van der Waals surface area contributed by atoms with E-state index >= 15 is 0 Å². The number of carbonyl (C=O) groups is 1. The summed E-state index contributed by atoms with van der Waals surface area (Å²) in [5, 5.41) is 9.24. The van der Waals surface area contributed by atoms with Crippen molar-refractivity contribution < 1.29 is 23.4 Å². The van der Waals surface area contributed by atoms with E-state index < -0.39 is 12.6 Å². The minimum absolute atomic E-state index is 0.153. The summed E-state index contributed by atoms with van der Waals surface area (Å²) in [6.45, 7) is 1.02. The Bertz CT molecular complexity index is 1430. The number of halogens is 2. The van der Waals surface area contributed by atoms with Gasteiger partial charge in [-0.3, -0.25) is 4.79 Å². The van der Waals surface area contributed by atoms with Gasteiger partial charge in [0.05, 0.1) is 11.6 Å². The zero-order valence-electron chi connectivity index (χ0n) is 20.7. The van der Waals surface area contributed by atoms with Crippen molar-refractivity contribution in [3.05, 3.63) is 77.3 Å². The summed E-state index contributed by atoms with van der Waals surface area (Å²) in [6.07, 6.45) is 8.85. The fourth-order valence-electron chi connectivity index (χ4n) is 5.19. The SMILES string of the molecule is Cc1cc2nc(C)c(Cc3ccccc3OC(F)F)n2cc1-c1cnc(C2CCC(C(=O)O)CC2)nc1. The van der Waals surface area contributed by atoms with Gasteiger partial charge in [0, 0.05) is 53.3 Å². The average molecular weight is 507 g/mol. The van der Waals surface area contributed by atoms with Crippen molar-refractivity contribution in [1.82, 2.24) is 19.4 Å². The van der Waals surface area contributed by atoms with Gasteiger partial charge in [-0.05, 0) is 57.2 Å². The standard InChI is InChI=1S/C28H28F2N4O3/c1-16-11-25-33-17(2)23(12-20-5-3-4-6-24(20)37-28(29)30)34(25)15-22(16)21-13-31-26(32-14-21)18-7-9-19(10-8-18)27(35)36/h3-6,11,13-15,18-19,28H,7-10,12H2,1-2H3,(H,35,36). The Morgan fingerprint density at radius 3 is 2.51 bits per heavy atom. The van der Waals surface area contributed by atoms with Crippen molar-refractivity contribution in [2.24, 2.45) is 5.92 Å². The van der Waals surface area contributed by atoms with Crippen molar-refractivity contribution >= 4 is 11.6 Å². The fourth-order valence-corrected chi connectivity index (χ4v) is 5.19. The van der Waals surface area contributed by atoms with Crippen molar-refractivity contribution in [3.8, 4) is 16.9 Å². The maximum absolute atomic E-state index is 12.9. The van der Waals surface area contributed by atoms with E-state index in [0.29, 0.717) is 24.8 Å². The minimum Gasteiger partial charge on any atom is -0.481 e. The number of carboxylic acids is 1. The van der Waals surface area contributed by atoms with E-state index in [4.69, 9.17) is 9.72 Å². The fraction of sp³-hybridized carbons (Fsp3) is 0.357. The molecule has 0 bridgehead atoms. The van der Waals surface area contributed by atoms with Gasteiger partial charge in [-0.15, -0.1) is 0 Å². The number of aryl methyl sites for hydroxylation is 2. The minimum atomic E-state index is -2.89. The number of benzene rings is 1. The third kappa shape index (κ3) is 5.16. The molecule has 0 aliphatic heterocycles. The summed E-state index contributed by atoms with van der Waals surface area (Å²) >= 11 is 0. The number of nitrogens with zero attached hydrogens (tertiary/aromatic N) is 4. The molecule has 0 atom stereocenters. The van der Waals surface area contributed by atoms with Crippen molar-refractivity contribution in [1.29, 1.82) is 0 Å². The van der Waals surface area contributed by atoms with Crippen LogP contribution in [0.4, 0.5) is 8.78 Å². The topological polar surface area (TPSA) is 89.6 Å². The Morgan fingerprint density at radius 1 is 1.14 bits per heavy atom. The second kappa shape index (κ2) is 10.2. The quantitative estimate of drug-likeness (QED) is 0.333. The molecule has 1 aliphatic carbocycles. The molecule has 1 fully saturated rings. The number of hydrogen-bond acceptors (Lipinski definition) is 5. The van der Waals surface area contributed by atoms with Crippen LogP contribution < -0.4 is 4.74 Å². The van der Waals surface area contributed by atoms with Gasteiger partial charge in [-0.1, -0.05) is 18.2 Å². The van der Waals surface area contributed by atoms with Crippen LogP contribution in [0.15, 0.2) is 48.9 Å². The van der Waals surface area contributed by atoms with Crippen LogP contribution in [-0.2, 0) is 11.2 Å². The molecule has 1 aliphatic rings. The van der Waals surface area contributed by atoms with Crippen molar-refractivity contribution in [2.45, 2.75) is 58.5 Å². The van der Waals surface area contributed by atoms with E-state index in [9.17, 15) is 18.7 Å². The molecule has 37 heavy (non-hydrogen) atoms. The van der Waals surface area contributed by atoms with E-state index in [1.165, 1.54) is 0 Å². The van der Waals surface area contributed by atoms with Crippen LogP contribution in [0.2, 0.25) is 0 Å². The normalized spacial score (nSPS) is 17.9. The molecule has 0 amide bonds. The number of pyridine rings is 1. The van der Waals surface area contributed by atoms with Crippen LogP contribution in [0.3, 0.4) is 0 Å². The second-order valence-electron chi connectivity index (χ2n) is 9.62. The highest BCUT2D eigenvalue weighted by Gasteiger charge is 2.28. The molecule has 5 rings (SSSR count). The Labute approximate surface area is 213 Å². The van der Waals surface area contributed by atoms with Gasteiger partial charge >= 0.3 is 12.6 Å². The highest BCUT2D eigenvalue weighted by Crippen LogP contribution is 2.35. The first-order valence-corrected chi connectivity index (χ1v) is 12.4. The molecule has 0 radical (unpaired) electrons. The molecule has 1 aromatic carbocycles. The molecule has 192 valence electrons. The van der Waals surface area contributed by atoms with Crippen LogP contribution in [0.25, 0.3) is 16.8 Å². The van der Waals surface area contributed by atoms with Crippen molar-refractivity contribution in [3.63, 3.8) is 0 Å². The Hall–Kier alpha value is -3.88. The van der Waals surface area contributed by atoms with Crippen molar-refractivity contribution in [2.75, 3.05) is 0 Å². The lowest BCUT2D eigenvalue weighted by atomic mass is 9.81. The number of hydrogen-bond donors (Lipinski definition) is 1. The monoisotopic (exact) mass is 506 g/mol. The molecular weight excluding hydrogens is 478 g/mol. The number of rotatable bonds is 7. The van der Waals surface area contributed by atoms with Crippen LogP contribution in [0, 0.1) is 19.8 Å². The Kier molecular flexibility index (Phi) is 6.86. The number of aliphatic carboxylic acids is 1. The lowest BCUT2D eigenvalue weighted by molar-refractivity contribution is -0.142. The molecule has 3 heterocycles. The maximum atomic E-state index is 12.9. The summed E-state index contributed by atoms with van der Waals surface area (Å²) < 4.78 is 32.5. The molecule has 7 nitrogen and oxygen atoms in total. The molecule has 0 saturated heterocycles. The van der Waals surface area contributed by atoms with E-state index in [1.807, 2.05) is 42.9 Å². The molecule has 4 aromatic rings. The summed E-state index contributed by atoms with van der Waals surface area (Å²) in [7, 11) is 0. The molecular formula is C28H28F2N4O3. The van der Waals surface area contributed by atoms with E-state index in [1.54, 1.807) is 24.3 Å². The van der Waals surface area contributed by atoms with Crippen LogP contribution in [-0.4, -0.2) is 37.0 Å². The number of para-hydroxylation sites is 1. The van der Waals surface area contributed by atoms with E-state index in [-0.39, 0.29) is 17.6 Å². The summed E-state index contributed by atoms with van der Waals surface area (Å²) in [5.74, 6) is 0.0831. The summed E-state index contributed by atoms with van der Waals surface area (Å²) in [5.41, 5.74) is 5.95. The molecule has 1 saturated carbocycles. The number of aromatic nitrogens is 4. The van der Waals surface area contributed by atoms with Gasteiger partial charge in [-0.2, -0.15) is 8.78 Å². The van der Waals surface area contributed by atoms with E-state index in [2.05, 4.69) is 9.97 Å². The van der Waals surface area contributed by atoms with Crippen LogP contribution >= 0.6 is 0 Å². The summed E-state index contributed by atoms with van der Waals surface area (Å²) in [4.78, 5) is 25.2. The third-order valence-corrected chi connectivity index (χ3v) is 7.24. The van der Waals surface area contributed by atoms with Gasteiger partial charge in [0.1, 0.15) is 17.2 Å². The van der Waals surface area contributed by atoms with E-state index in [0.717, 1.165) is 52.4 Å². The highest BCUT2D eigenvalue weighted by atomic mass is 19.3. The molecule has 0 spiro atoms. The van der Waals surface area contributed by atoms with Gasteiger partial charge in [-0.25, -0.2) is 15.0 Å². The summed E-state index contributed by atoms with van der Waals surface area (Å²) in [6, 6.07) is 8.79. The number of alkyl halides is 2. The van der Waals surface area contributed by atoms with Crippen LogP contribution in [0.5, 0.6) is 5.75 Å². The first kappa shape index (κ1) is 24.8. The zero-order valence-corrected chi connectivity index (χ0v) is 20.7. The first-order chi connectivity index (χ1) is 17.8. The number of carboxylic acid groups (broad SMARTS) is 1. The largest absolute Gasteiger partial charge is 0.481 e. The van der Waals surface area contributed by atoms with Gasteiger partial charge in [0.15, 0.2) is 0 Å².